The van der Waals surface area contributed by atoms with E-state index in [4.69, 9.17) is 16.3 Å². The molecule has 23 heavy (non-hydrogen) atoms. The lowest BCUT2D eigenvalue weighted by Gasteiger charge is -2.26. The molecule has 1 aliphatic rings. The molecule has 0 aromatic heterocycles. The Hall–Kier alpha value is -1.75. The minimum absolute atomic E-state index is 0.0263. The largest absolute Gasteiger partial charge is 0.494 e. The summed E-state index contributed by atoms with van der Waals surface area (Å²) in [5.41, 5.74) is 0.667. The second kappa shape index (κ2) is 9.40. The van der Waals surface area contributed by atoms with Crippen molar-refractivity contribution >= 4 is 23.4 Å². The number of nitrogens with zero attached hydrogens (tertiary/aromatic N) is 1. The molecule has 6 heteroatoms. The SMILES string of the molecule is O=C(CCl)NCCCOc1cccc(C(=O)N2CCCCC2)c1. The van der Waals surface area contributed by atoms with Crippen LogP contribution >= 0.6 is 11.6 Å². The van der Waals surface area contributed by atoms with E-state index in [0.717, 1.165) is 25.9 Å². The van der Waals surface area contributed by atoms with E-state index in [2.05, 4.69) is 5.32 Å². The fraction of sp³-hybridized carbons (Fsp3) is 0.529. The molecule has 0 unspecified atom stereocenters. The van der Waals surface area contributed by atoms with Crippen molar-refractivity contribution in [1.29, 1.82) is 0 Å². The number of carbonyl (C=O) groups is 2. The fourth-order valence-corrected chi connectivity index (χ4v) is 2.63. The standard InChI is InChI=1S/C17H23ClN2O3/c18-13-16(21)19-8-5-11-23-15-7-4-6-14(12-15)17(22)20-9-2-1-3-10-20/h4,6-7,12H,1-3,5,8-11,13H2,(H,19,21). The molecule has 5 nitrogen and oxygen atoms in total. The van der Waals surface area contributed by atoms with Gasteiger partial charge in [-0.25, -0.2) is 0 Å². The molecular formula is C17H23ClN2O3. The van der Waals surface area contributed by atoms with Crippen LogP contribution in [0, 0.1) is 0 Å². The van der Waals surface area contributed by atoms with Crippen molar-refractivity contribution in [2.75, 3.05) is 32.1 Å². The van der Waals surface area contributed by atoms with Gasteiger partial charge in [-0.2, -0.15) is 0 Å². The quantitative estimate of drug-likeness (QED) is 0.613. The maximum Gasteiger partial charge on any atom is 0.253 e. The molecule has 1 fully saturated rings. The predicted octanol–water partition coefficient (Wildman–Crippen LogP) is 2.44. The fourth-order valence-electron chi connectivity index (χ4n) is 2.54. The van der Waals surface area contributed by atoms with Crippen molar-refractivity contribution in [1.82, 2.24) is 10.2 Å². The van der Waals surface area contributed by atoms with E-state index in [-0.39, 0.29) is 17.7 Å². The van der Waals surface area contributed by atoms with Crippen LogP contribution in [-0.4, -0.2) is 48.8 Å². The third-order valence-corrected chi connectivity index (χ3v) is 4.00. The average molecular weight is 339 g/mol. The lowest BCUT2D eigenvalue weighted by atomic mass is 10.1. The minimum atomic E-state index is -0.180. The lowest BCUT2D eigenvalue weighted by Crippen LogP contribution is -2.35. The molecule has 1 aromatic carbocycles. The summed E-state index contributed by atoms with van der Waals surface area (Å²) in [4.78, 5) is 25.3. The smallest absolute Gasteiger partial charge is 0.253 e. The van der Waals surface area contributed by atoms with Gasteiger partial charge < -0.3 is 15.0 Å². The summed E-state index contributed by atoms with van der Waals surface area (Å²) in [5.74, 6) is 0.545. The normalized spacial score (nSPS) is 14.4. The van der Waals surface area contributed by atoms with E-state index in [1.54, 1.807) is 6.07 Å². The zero-order valence-corrected chi connectivity index (χ0v) is 14.0. The van der Waals surface area contributed by atoms with Gasteiger partial charge in [0.1, 0.15) is 11.6 Å². The number of benzene rings is 1. The van der Waals surface area contributed by atoms with Gasteiger partial charge >= 0.3 is 0 Å². The van der Waals surface area contributed by atoms with Crippen LogP contribution in [0.25, 0.3) is 0 Å². The molecule has 2 rings (SSSR count). The molecule has 1 aromatic rings. The molecule has 1 heterocycles. The van der Waals surface area contributed by atoms with Crippen LogP contribution in [0.15, 0.2) is 24.3 Å². The molecule has 1 aliphatic heterocycles. The third kappa shape index (κ3) is 5.75. The summed E-state index contributed by atoms with van der Waals surface area (Å²) < 4.78 is 5.64. The highest BCUT2D eigenvalue weighted by Crippen LogP contribution is 2.17. The summed E-state index contributed by atoms with van der Waals surface area (Å²) in [6, 6.07) is 7.28. The molecule has 0 bridgehead atoms. The number of amides is 2. The zero-order chi connectivity index (χ0) is 16.5. The third-order valence-electron chi connectivity index (χ3n) is 3.76. The van der Waals surface area contributed by atoms with Gasteiger partial charge in [0.05, 0.1) is 6.61 Å². The van der Waals surface area contributed by atoms with Gasteiger partial charge in [-0.15, -0.1) is 11.6 Å². The number of piperidine rings is 1. The van der Waals surface area contributed by atoms with Crippen molar-refractivity contribution in [2.24, 2.45) is 0 Å². The second-order valence-corrected chi connectivity index (χ2v) is 5.83. The Morgan fingerprint density at radius 3 is 2.74 bits per heavy atom. The Morgan fingerprint density at radius 2 is 2.00 bits per heavy atom. The van der Waals surface area contributed by atoms with Gasteiger partial charge in [-0.1, -0.05) is 6.07 Å². The lowest BCUT2D eigenvalue weighted by molar-refractivity contribution is -0.118. The molecule has 0 radical (unpaired) electrons. The van der Waals surface area contributed by atoms with Gasteiger partial charge in [-0.3, -0.25) is 9.59 Å². The van der Waals surface area contributed by atoms with Gasteiger partial charge in [0.2, 0.25) is 5.91 Å². The number of hydrogen-bond donors (Lipinski definition) is 1. The molecule has 1 saturated heterocycles. The van der Waals surface area contributed by atoms with Crippen molar-refractivity contribution in [3.8, 4) is 5.75 Å². The first kappa shape index (κ1) is 17.6. The number of rotatable bonds is 7. The number of halogens is 1. The minimum Gasteiger partial charge on any atom is -0.494 e. The van der Waals surface area contributed by atoms with Gasteiger partial charge in [0.15, 0.2) is 0 Å². The van der Waals surface area contributed by atoms with E-state index in [1.807, 2.05) is 23.1 Å². The number of likely N-dealkylation sites (tertiary alicyclic amines) is 1. The molecule has 1 N–H and O–H groups in total. The summed E-state index contributed by atoms with van der Waals surface area (Å²) in [6.07, 6.45) is 4.05. The monoisotopic (exact) mass is 338 g/mol. The maximum atomic E-state index is 12.4. The van der Waals surface area contributed by atoms with Gasteiger partial charge in [-0.05, 0) is 43.9 Å². The molecule has 0 spiro atoms. The highest BCUT2D eigenvalue weighted by atomic mass is 35.5. The summed E-state index contributed by atoms with van der Waals surface area (Å²) >= 11 is 5.39. The van der Waals surface area contributed by atoms with Crippen LogP contribution in [0.4, 0.5) is 0 Å². The van der Waals surface area contributed by atoms with Gasteiger partial charge in [0, 0.05) is 25.2 Å². The summed E-state index contributed by atoms with van der Waals surface area (Å²) in [5, 5.41) is 2.68. The molecular weight excluding hydrogens is 316 g/mol. The van der Waals surface area contributed by atoms with E-state index < -0.39 is 0 Å². The van der Waals surface area contributed by atoms with Crippen molar-refractivity contribution in [2.45, 2.75) is 25.7 Å². The Balaban J connectivity index is 1.80. The second-order valence-electron chi connectivity index (χ2n) is 5.57. The summed E-state index contributed by atoms with van der Waals surface area (Å²) in [7, 11) is 0. The number of carbonyl (C=O) groups excluding carboxylic acids is 2. The number of nitrogens with one attached hydrogen (secondary N) is 1. The van der Waals surface area contributed by atoms with E-state index in [1.165, 1.54) is 6.42 Å². The number of hydrogen-bond acceptors (Lipinski definition) is 3. The maximum absolute atomic E-state index is 12.4. The first-order valence-corrected chi connectivity index (χ1v) is 8.59. The van der Waals surface area contributed by atoms with Crippen molar-refractivity contribution in [3.05, 3.63) is 29.8 Å². The Labute approximate surface area is 141 Å². The first-order valence-electron chi connectivity index (χ1n) is 8.05. The Morgan fingerprint density at radius 1 is 1.22 bits per heavy atom. The Bertz CT molecular complexity index is 530. The van der Waals surface area contributed by atoms with Crippen molar-refractivity contribution in [3.63, 3.8) is 0 Å². The van der Waals surface area contributed by atoms with Crippen LogP contribution in [0.3, 0.4) is 0 Å². The van der Waals surface area contributed by atoms with Crippen molar-refractivity contribution < 1.29 is 14.3 Å². The highest BCUT2D eigenvalue weighted by Gasteiger charge is 2.18. The molecule has 2 amide bonds. The highest BCUT2D eigenvalue weighted by molar-refractivity contribution is 6.27. The van der Waals surface area contributed by atoms with E-state index in [0.29, 0.717) is 30.9 Å². The average Bonchev–Trinajstić information content (AvgIpc) is 2.61. The number of alkyl halides is 1. The molecule has 0 aliphatic carbocycles. The van der Waals surface area contributed by atoms with Gasteiger partial charge in [0.25, 0.3) is 5.91 Å². The molecule has 126 valence electrons. The van der Waals surface area contributed by atoms with Crippen LogP contribution in [0.5, 0.6) is 5.75 Å². The Kier molecular flexibility index (Phi) is 7.20. The van der Waals surface area contributed by atoms with Crippen LogP contribution in [0.1, 0.15) is 36.0 Å². The topological polar surface area (TPSA) is 58.6 Å². The first-order chi connectivity index (χ1) is 11.2. The molecule has 0 atom stereocenters. The van der Waals surface area contributed by atoms with E-state index in [9.17, 15) is 9.59 Å². The predicted molar refractivity (Wildman–Crippen MR) is 90.0 cm³/mol. The van der Waals surface area contributed by atoms with Crippen LogP contribution < -0.4 is 10.1 Å². The molecule has 0 saturated carbocycles. The van der Waals surface area contributed by atoms with Crippen LogP contribution in [-0.2, 0) is 4.79 Å². The van der Waals surface area contributed by atoms with Crippen LogP contribution in [0.2, 0.25) is 0 Å². The zero-order valence-electron chi connectivity index (χ0n) is 13.2. The summed E-state index contributed by atoms with van der Waals surface area (Å²) in [6.45, 7) is 2.68. The number of ether oxygens (including phenoxy) is 1. The van der Waals surface area contributed by atoms with E-state index >= 15 is 0 Å².